The third-order valence-electron chi connectivity index (χ3n) is 4.31. The lowest BCUT2D eigenvalue weighted by atomic mass is 10.1. The normalized spacial score (nSPS) is 13.2. The van der Waals surface area contributed by atoms with Gasteiger partial charge in [0.15, 0.2) is 5.82 Å². The number of benzene rings is 2. The van der Waals surface area contributed by atoms with Crippen LogP contribution in [-0.4, -0.2) is 32.2 Å². The molecule has 3 aromatic rings. The maximum atomic E-state index is 12.7. The molecule has 1 atom stereocenters. The molecule has 1 heterocycles. The molecule has 0 saturated heterocycles. The number of halogens is 3. The summed E-state index contributed by atoms with van der Waals surface area (Å²) in [4.78, 5) is 2.07. The van der Waals surface area contributed by atoms with Gasteiger partial charge in [-0.2, -0.15) is 17.9 Å². The average molecular weight is 361 g/mol. The van der Waals surface area contributed by atoms with E-state index >= 15 is 0 Å². The maximum absolute atomic E-state index is 12.7. The fourth-order valence-electron chi connectivity index (χ4n) is 2.64. The van der Waals surface area contributed by atoms with E-state index in [2.05, 4.69) is 27.3 Å². The maximum Gasteiger partial charge on any atom is 0.416 e. The summed E-state index contributed by atoms with van der Waals surface area (Å²) >= 11 is 0. The zero-order valence-corrected chi connectivity index (χ0v) is 14.4. The molecule has 0 spiro atoms. The van der Waals surface area contributed by atoms with Crippen LogP contribution in [0.15, 0.2) is 54.6 Å². The van der Waals surface area contributed by atoms with Gasteiger partial charge in [0.05, 0.1) is 17.8 Å². The molecule has 0 saturated carbocycles. The molecule has 2 aromatic carbocycles. The van der Waals surface area contributed by atoms with Gasteiger partial charge in [-0.3, -0.25) is 4.90 Å². The van der Waals surface area contributed by atoms with Crippen LogP contribution in [0.1, 0.15) is 29.9 Å². The molecule has 1 aromatic heterocycles. The van der Waals surface area contributed by atoms with E-state index < -0.39 is 11.7 Å². The van der Waals surface area contributed by atoms with E-state index in [1.807, 2.05) is 37.4 Å². The molecule has 136 valence electrons. The lowest BCUT2D eigenvalue weighted by Crippen LogP contribution is -2.24. The van der Waals surface area contributed by atoms with E-state index in [1.165, 1.54) is 16.8 Å². The van der Waals surface area contributed by atoms with Crippen molar-refractivity contribution in [1.82, 2.24) is 25.1 Å². The van der Waals surface area contributed by atoms with Crippen LogP contribution in [0.3, 0.4) is 0 Å². The van der Waals surface area contributed by atoms with Crippen molar-refractivity contribution in [3.63, 3.8) is 0 Å². The first-order chi connectivity index (χ1) is 12.4. The van der Waals surface area contributed by atoms with Gasteiger partial charge in [-0.25, -0.2) is 0 Å². The van der Waals surface area contributed by atoms with Crippen LogP contribution in [0.25, 0.3) is 5.69 Å². The highest BCUT2D eigenvalue weighted by Gasteiger charge is 2.30. The van der Waals surface area contributed by atoms with Crippen LogP contribution in [0.5, 0.6) is 0 Å². The summed E-state index contributed by atoms with van der Waals surface area (Å²) in [6, 6.07) is 14.9. The molecule has 0 aliphatic carbocycles. The second-order valence-electron chi connectivity index (χ2n) is 6.05. The average Bonchev–Trinajstić information content (AvgIpc) is 3.09. The number of rotatable bonds is 5. The fraction of sp³-hybridized carbons (Fsp3) is 0.278. The van der Waals surface area contributed by atoms with E-state index in [4.69, 9.17) is 0 Å². The minimum absolute atomic E-state index is 0.133. The van der Waals surface area contributed by atoms with Crippen molar-refractivity contribution in [2.45, 2.75) is 25.7 Å². The number of tetrazole rings is 1. The van der Waals surface area contributed by atoms with Gasteiger partial charge < -0.3 is 0 Å². The predicted octanol–water partition coefficient (Wildman–Crippen LogP) is 3.87. The molecule has 0 bridgehead atoms. The smallest absolute Gasteiger partial charge is 0.292 e. The highest BCUT2D eigenvalue weighted by Crippen LogP contribution is 2.29. The van der Waals surface area contributed by atoms with Crippen molar-refractivity contribution in [1.29, 1.82) is 0 Å². The molecular formula is C18H18F3N5. The Hall–Kier alpha value is -2.74. The summed E-state index contributed by atoms with van der Waals surface area (Å²) in [7, 11) is 1.95. The Morgan fingerprint density at radius 1 is 1.04 bits per heavy atom. The molecule has 26 heavy (non-hydrogen) atoms. The first-order valence-electron chi connectivity index (χ1n) is 8.06. The third kappa shape index (κ3) is 3.91. The molecule has 3 rings (SSSR count). The predicted molar refractivity (Wildman–Crippen MR) is 90.5 cm³/mol. The number of aromatic nitrogens is 4. The standard InChI is InChI=1S/C18H18F3N5/c1-13(14-6-4-3-5-7-14)25(2)12-17-22-23-24-26(17)16-10-8-15(9-11-16)18(19,20)21/h3-11,13H,12H2,1-2H3. The minimum Gasteiger partial charge on any atom is -0.292 e. The van der Waals surface area contributed by atoms with Gasteiger partial charge in [-0.15, -0.1) is 5.10 Å². The van der Waals surface area contributed by atoms with Crippen LogP contribution in [0, 0.1) is 0 Å². The zero-order chi connectivity index (χ0) is 18.7. The molecule has 0 N–H and O–H groups in total. The van der Waals surface area contributed by atoms with Gasteiger partial charge in [0.25, 0.3) is 0 Å². The monoisotopic (exact) mass is 361 g/mol. The van der Waals surface area contributed by atoms with Crippen molar-refractivity contribution >= 4 is 0 Å². The van der Waals surface area contributed by atoms with Gasteiger partial charge in [-0.1, -0.05) is 30.3 Å². The second-order valence-corrected chi connectivity index (χ2v) is 6.05. The van der Waals surface area contributed by atoms with Gasteiger partial charge in [0.2, 0.25) is 0 Å². The lowest BCUT2D eigenvalue weighted by molar-refractivity contribution is -0.137. The molecule has 0 fully saturated rings. The van der Waals surface area contributed by atoms with Crippen LogP contribution in [-0.2, 0) is 12.7 Å². The molecule has 0 radical (unpaired) electrons. The number of hydrogen-bond acceptors (Lipinski definition) is 4. The Labute approximate surface area is 149 Å². The van der Waals surface area contributed by atoms with E-state index in [1.54, 1.807) is 0 Å². The summed E-state index contributed by atoms with van der Waals surface area (Å²) in [5.41, 5.74) is 0.938. The summed E-state index contributed by atoms with van der Waals surface area (Å²) in [6.45, 7) is 2.52. The fourth-order valence-corrected chi connectivity index (χ4v) is 2.64. The van der Waals surface area contributed by atoms with Crippen molar-refractivity contribution in [3.8, 4) is 5.69 Å². The van der Waals surface area contributed by atoms with Crippen LogP contribution in [0.2, 0.25) is 0 Å². The Morgan fingerprint density at radius 3 is 2.31 bits per heavy atom. The molecular weight excluding hydrogens is 343 g/mol. The van der Waals surface area contributed by atoms with Crippen molar-refractivity contribution in [2.75, 3.05) is 7.05 Å². The second kappa shape index (κ2) is 7.25. The first-order valence-corrected chi connectivity index (χ1v) is 8.06. The van der Waals surface area contributed by atoms with Gasteiger partial charge in [0, 0.05) is 6.04 Å². The summed E-state index contributed by atoms with van der Waals surface area (Å²) in [6.07, 6.45) is -4.37. The SMILES string of the molecule is CC(c1ccccc1)N(C)Cc1nnnn1-c1ccc(C(F)(F)F)cc1. The Morgan fingerprint density at radius 2 is 1.69 bits per heavy atom. The van der Waals surface area contributed by atoms with Crippen LogP contribution >= 0.6 is 0 Å². The molecule has 0 amide bonds. The topological polar surface area (TPSA) is 46.8 Å². The number of alkyl halides is 3. The zero-order valence-electron chi connectivity index (χ0n) is 14.4. The Balaban J connectivity index is 1.78. The first kappa shape index (κ1) is 18.1. The molecule has 0 aliphatic heterocycles. The van der Waals surface area contributed by atoms with E-state index in [0.717, 1.165) is 17.7 Å². The summed E-state index contributed by atoms with van der Waals surface area (Å²) < 4.78 is 39.6. The van der Waals surface area contributed by atoms with Gasteiger partial charge in [-0.05, 0) is 54.2 Å². The van der Waals surface area contributed by atoms with Crippen LogP contribution < -0.4 is 0 Å². The Kier molecular flexibility index (Phi) is 5.03. The van der Waals surface area contributed by atoms with Crippen molar-refractivity contribution in [2.24, 2.45) is 0 Å². The van der Waals surface area contributed by atoms with E-state index in [9.17, 15) is 13.2 Å². The summed E-state index contributed by atoms with van der Waals surface area (Å²) in [5, 5.41) is 11.6. The highest BCUT2D eigenvalue weighted by atomic mass is 19.4. The van der Waals surface area contributed by atoms with E-state index in [0.29, 0.717) is 18.1 Å². The molecule has 1 unspecified atom stereocenters. The summed E-state index contributed by atoms with van der Waals surface area (Å²) in [5.74, 6) is 0.551. The van der Waals surface area contributed by atoms with Gasteiger partial charge >= 0.3 is 6.18 Å². The Bertz CT molecular complexity index is 843. The van der Waals surface area contributed by atoms with Crippen LogP contribution in [0.4, 0.5) is 13.2 Å². The third-order valence-corrected chi connectivity index (χ3v) is 4.31. The molecule has 5 nitrogen and oxygen atoms in total. The molecule has 0 aliphatic rings. The van der Waals surface area contributed by atoms with E-state index in [-0.39, 0.29) is 6.04 Å². The quantitative estimate of drug-likeness (QED) is 0.692. The minimum atomic E-state index is -4.37. The lowest BCUT2D eigenvalue weighted by Gasteiger charge is -2.24. The van der Waals surface area contributed by atoms with Crippen molar-refractivity contribution < 1.29 is 13.2 Å². The van der Waals surface area contributed by atoms with Gasteiger partial charge in [0.1, 0.15) is 0 Å². The number of hydrogen-bond donors (Lipinski definition) is 0. The largest absolute Gasteiger partial charge is 0.416 e. The molecule has 8 heteroatoms. The highest BCUT2D eigenvalue weighted by molar-refractivity contribution is 5.35. The van der Waals surface area contributed by atoms with Crippen molar-refractivity contribution in [3.05, 3.63) is 71.5 Å². The number of nitrogens with zero attached hydrogens (tertiary/aromatic N) is 5.